The Balaban J connectivity index is 2.16. The number of carbonyl (C=O) groups excluding carboxylic acids is 2. The summed E-state index contributed by atoms with van der Waals surface area (Å²) in [5.74, 6) is -0.262. The predicted molar refractivity (Wildman–Crippen MR) is 112 cm³/mol. The maximum Gasteiger partial charge on any atom is 0.242 e. The second kappa shape index (κ2) is 10.5. The van der Waals surface area contributed by atoms with Crippen LogP contribution in [0.1, 0.15) is 35.6 Å². The topological polar surface area (TPSA) is 40.6 Å². The molecule has 0 aliphatic carbocycles. The highest BCUT2D eigenvalue weighted by molar-refractivity contribution is 7.11. The molecular formula is C21H27ClN2O2S. The molecule has 1 atom stereocenters. The van der Waals surface area contributed by atoms with E-state index in [-0.39, 0.29) is 18.4 Å². The molecule has 1 unspecified atom stereocenters. The standard InChI is InChI=1S/C21H27ClN2O2S/c1-4-12-23(21(26)17(3)22)15-20(25)24(13-18-8-6-5-7-9-18)14-19-11-10-16(2)27-19/h5-11,17H,4,12-15H2,1-3H3. The van der Waals surface area contributed by atoms with E-state index in [9.17, 15) is 9.59 Å². The van der Waals surface area contributed by atoms with Gasteiger partial charge in [-0.15, -0.1) is 22.9 Å². The van der Waals surface area contributed by atoms with Crippen LogP contribution in [0.3, 0.4) is 0 Å². The van der Waals surface area contributed by atoms with Crippen LogP contribution < -0.4 is 0 Å². The second-order valence-corrected chi connectivity index (χ2v) is 8.65. The van der Waals surface area contributed by atoms with Gasteiger partial charge >= 0.3 is 0 Å². The first-order chi connectivity index (χ1) is 12.9. The smallest absolute Gasteiger partial charge is 0.242 e. The third-order valence-electron chi connectivity index (χ3n) is 4.18. The van der Waals surface area contributed by atoms with Crippen molar-refractivity contribution in [3.05, 3.63) is 57.8 Å². The molecule has 27 heavy (non-hydrogen) atoms. The molecule has 0 radical (unpaired) electrons. The lowest BCUT2D eigenvalue weighted by atomic mass is 10.2. The van der Waals surface area contributed by atoms with E-state index in [0.717, 1.165) is 16.9 Å². The highest BCUT2D eigenvalue weighted by Gasteiger charge is 2.24. The molecule has 4 nitrogen and oxygen atoms in total. The summed E-state index contributed by atoms with van der Waals surface area (Å²) in [5.41, 5.74) is 1.07. The normalized spacial score (nSPS) is 11.9. The van der Waals surface area contributed by atoms with E-state index >= 15 is 0 Å². The first-order valence-electron chi connectivity index (χ1n) is 9.20. The van der Waals surface area contributed by atoms with Crippen LogP contribution in [0, 0.1) is 6.92 Å². The Labute approximate surface area is 170 Å². The molecule has 0 N–H and O–H groups in total. The first kappa shape index (κ1) is 21.5. The second-order valence-electron chi connectivity index (χ2n) is 6.62. The summed E-state index contributed by atoms with van der Waals surface area (Å²) >= 11 is 7.66. The average Bonchev–Trinajstić information content (AvgIpc) is 3.05. The number of halogens is 1. The largest absolute Gasteiger partial charge is 0.332 e. The van der Waals surface area contributed by atoms with Crippen LogP contribution in [0.15, 0.2) is 42.5 Å². The first-order valence-corrected chi connectivity index (χ1v) is 10.5. The van der Waals surface area contributed by atoms with Crippen molar-refractivity contribution in [2.75, 3.05) is 13.1 Å². The molecule has 1 heterocycles. The number of nitrogens with zero attached hydrogens (tertiary/aromatic N) is 2. The molecule has 0 aliphatic rings. The van der Waals surface area contributed by atoms with Gasteiger partial charge in [-0.2, -0.15) is 0 Å². The van der Waals surface area contributed by atoms with Crippen LogP contribution in [0.25, 0.3) is 0 Å². The fraction of sp³-hybridized carbons (Fsp3) is 0.429. The molecule has 0 fully saturated rings. The summed E-state index contributed by atoms with van der Waals surface area (Å²) in [6.07, 6.45) is 0.783. The number of thiophene rings is 1. The van der Waals surface area contributed by atoms with Gasteiger partial charge in [-0.25, -0.2) is 0 Å². The Kier molecular flexibility index (Phi) is 8.32. The van der Waals surface area contributed by atoms with Crippen LogP contribution in [-0.2, 0) is 22.7 Å². The molecular weight excluding hydrogens is 380 g/mol. The summed E-state index contributed by atoms with van der Waals surface area (Å²) in [7, 11) is 0. The molecule has 0 saturated heterocycles. The number of carbonyl (C=O) groups is 2. The van der Waals surface area contributed by atoms with Gasteiger partial charge in [0.25, 0.3) is 0 Å². The molecule has 2 rings (SSSR count). The van der Waals surface area contributed by atoms with Crippen LogP contribution in [0.4, 0.5) is 0 Å². The Morgan fingerprint density at radius 3 is 2.33 bits per heavy atom. The Bertz CT molecular complexity index is 746. The van der Waals surface area contributed by atoms with E-state index in [1.807, 2.05) is 42.2 Å². The number of hydrogen-bond donors (Lipinski definition) is 0. The molecule has 2 aromatic rings. The van der Waals surface area contributed by atoms with Gasteiger partial charge in [0.1, 0.15) is 5.38 Å². The van der Waals surface area contributed by atoms with Crippen molar-refractivity contribution in [2.45, 2.75) is 45.7 Å². The lowest BCUT2D eigenvalue weighted by Gasteiger charge is -2.28. The SMILES string of the molecule is CCCN(CC(=O)N(Cc1ccccc1)Cc1ccc(C)s1)C(=O)C(C)Cl. The van der Waals surface area contributed by atoms with E-state index in [2.05, 4.69) is 19.1 Å². The predicted octanol–water partition coefficient (Wildman–Crippen LogP) is 4.45. The minimum Gasteiger partial charge on any atom is -0.332 e. The molecule has 146 valence electrons. The van der Waals surface area contributed by atoms with E-state index in [1.165, 1.54) is 4.88 Å². The Hall–Kier alpha value is -1.85. The summed E-state index contributed by atoms with van der Waals surface area (Å²) in [6.45, 7) is 7.33. The third kappa shape index (κ3) is 6.67. The van der Waals surface area contributed by atoms with Gasteiger partial charge in [0, 0.05) is 22.8 Å². The number of amides is 2. The minimum absolute atomic E-state index is 0.0565. The summed E-state index contributed by atoms with van der Waals surface area (Å²) < 4.78 is 0. The highest BCUT2D eigenvalue weighted by Crippen LogP contribution is 2.19. The number of rotatable bonds is 9. The third-order valence-corrected chi connectivity index (χ3v) is 5.36. The fourth-order valence-corrected chi connectivity index (χ4v) is 3.89. The van der Waals surface area contributed by atoms with Crippen molar-refractivity contribution in [3.63, 3.8) is 0 Å². The molecule has 6 heteroatoms. The summed E-state index contributed by atoms with van der Waals surface area (Å²) in [5, 5.41) is -0.633. The van der Waals surface area contributed by atoms with Crippen molar-refractivity contribution in [3.8, 4) is 0 Å². The number of hydrogen-bond acceptors (Lipinski definition) is 3. The molecule has 1 aromatic heterocycles. The van der Waals surface area contributed by atoms with Gasteiger partial charge in [-0.05, 0) is 38.0 Å². The van der Waals surface area contributed by atoms with Crippen LogP contribution >= 0.6 is 22.9 Å². The highest BCUT2D eigenvalue weighted by atomic mass is 35.5. The van der Waals surface area contributed by atoms with Gasteiger partial charge in [-0.3, -0.25) is 9.59 Å². The minimum atomic E-state index is -0.633. The van der Waals surface area contributed by atoms with Crippen molar-refractivity contribution in [2.24, 2.45) is 0 Å². The van der Waals surface area contributed by atoms with Crippen molar-refractivity contribution in [1.82, 2.24) is 9.80 Å². The van der Waals surface area contributed by atoms with Crippen LogP contribution in [0.2, 0.25) is 0 Å². The Morgan fingerprint density at radius 2 is 1.78 bits per heavy atom. The maximum atomic E-state index is 13.1. The van der Waals surface area contributed by atoms with Crippen molar-refractivity contribution >= 4 is 34.8 Å². The van der Waals surface area contributed by atoms with Crippen LogP contribution in [0.5, 0.6) is 0 Å². The molecule has 0 saturated carbocycles. The van der Waals surface area contributed by atoms with Crippen molar-refractivity contribution in [1.29, 1.82) is 0 Å². The van der Waals surface area contributed by atoms with Gasteiger partial charge in [0.15, 0.2) is 0 Å². The molecule has 0 bridgehead atoms. The zero-order valence-electron chi connectivity index (χ0n) is 16.2. The van der Waals surface area contributed by atoms with E-state index < -0.39 is 5.38 Å². The number of benzene rings is 1. The van der Waals surface area contributed by atoms with Gasteiger partial charge in [-0.1, -0.05) is 37.3 Å². The maximum absolute atomic E-state index is 13.1. The van der Waals surface area contributed by atoms with E-state index in [0.29, 0.717) is 19.6 Å². The molecule has 2 amide bonds. The monoisotopic (exact) mass is 406 g/mol. The van der Waals surface area contributed by atoms with Gasteiger partial charge < -0.3 is 9.80 Å². The fourth-order valence-electron chi connectivity index (χ4n) is 2.85. The van der Waals surface area contributed by atoms with Gasteiger partial charge in [0.2, 0.25) is 11.8 Å². The van der Waals surface area contributed by atoms with Crippen LogP contribution in [-0.4, -0.2) is 40.1 Å². The molecule has 0 spiro atoms. The zero-order chi connectivity index (χ0) is 19.8. The lowest BCUT2D eigenvalue weighted by molar-refractivity contribution is -0.141. The summed E-state index contributed by atoms with van der Waals surface area (Å²) in [6, 6.07) is 14.0. The van der Waals surface area contributed by atoms with E-state index in [4.69, 9.17) is 11.6 Å². The number of alkyl halides is 1. The molecule has 1 aromatic carbocycles. The number of aryl methyl sites for hydroxylation is 1. The van der Waals surface area contributed by atoms with Crippen molar-refractivity contribution < 1.29 is 9.59 Å². The average molecular weight is 407 g/mol. The molecule has 0 aliphatic heterocycles. The van der Waals surface area contributed by atoms with E-state index in [1.54, 1.807) is 23.2 Å². The van der Waals surface area contributed by atoms with Gasteiger partial charge in [0.05, 0.1) is 13.1 Å². The quantitative estimate of drug-likeness (QED) is 0.577. The summed E-state index contributed by atoms with van der Waals surface area (Å²) in [4.78, 5) is 31.1. The Morgan fingerprint density at radius 1 is 1.07 bits per heavy atom. The lowest BCUT2D eigenvalue weighted by Crippen LogP contribution is -2.44. The zero-order valence-corrected chi connectivity index (χ0v) is 17.7.